The quantitative estimate of drug-likeness (QED) is 0.713. The van der Waals surface area contributed by atoms with Crippen LogP contribution in [0.1, 0.15) is 19.4 Å². The van der Waals surface area contributed by atoms with E-state index in [0.717, 1.165) is 12.1 Å². The number of hydrogen-bond acceptors (Lipinski definition) is 2. The highest BCUT2D eigenvalue weighted by atomic mass is 35.5. The van der Waals surface area contributed by atoms with E-state index in [1.807, 2.05) is 13.8 Å². The molecule has 0 unspecified atom stereocenters. The highest BCUT2D eigenvalue weighted by molar-refractivity contribution is 6.31. The second-order valence-electron chi connectivity index (χ2n) is 5.46. The van der Waals surface area contributed by atoms with Gasteiger partial charge in [0.25, 0.3) is 0 Å². The van der Waals surface area contributed by atoms with Gasteiger partial charge in [-0.3, -0.25) is 0 Å². The van der Waals surface area contributed by atoms with Crippen LogP contribution in [0.25, 0.3) is 0 Å². The summed E-state index contributed by atoms with van der Waals surface area (Å²) < 4.78 is 43.9. The van der Waals surface area contributed by atoms with Crippen LogP contribution in [0.5, 0.6) is 5.75 Å². The number of carbonyl (C=O) groups excluding carboxylic acids is 1. The maximum Gasteiger partial charge on any atom is 0.417 e. The summed E-state index contributed by atoms with van der Waals surface area (Å²) in [6.07, 6.45) is -4.58. The number of alkyl halides is 3. The number of anilines is 2. The summed E-state index contributed by atoms with van der Waals surface area (Å²) in [6, 6.07) is 9.09. The number of hydrogen-bond donors (Lipinski definition) is 2. The van der Waals surface area contributed by atoms with Crippen molar-refractivity contribution in [1.82, 2.24) is 0 Å². The molecule has 0 aliphatic rings. The van der Waals surface area contributed by atoms with Gasteiger partial charge < -0.3 is 15.4 Å². The van der Waals surface area contributed by atoms with Crippen LogP contribution in [0.15, 0.2) is 42.5 Å². The number of amides is 2. The Kier molecular flexibility index (Phi) is 5.79. The summed E-state index contributed by atoms with van der Waals surface area (Å²) in [4.78, 5) is 11.9. The monoisotopic (exact) mass is 372 g/mol. The molecule has 2 rings (SSSR count). The molecule has 0 heterocycles. The fourth-order valence-electron chi connectivity index (χ4n) is 2.00. The third kappa shape index (κ3) is 5.56. The maximum absolute atomic E-state index is 12.8. The minimum absolute atomic E-state index is 0.0195. The largest absolute Gasteiger partial charge is 0.491 e. The Morgan fingerprint density at radius 2 is 1.60 bits per heavy atom. The van der Waals surface area contributed by atoms with E-state index >= 15 is 0 Å². The third-order valence-corrected chi connectivity index (χ3v) is 3.34. The van der Waals surface area contributed by atoms with Crippen LogP contribution >= 0.6 is 11.6 Å². The predicted molar refractivity (Wildman–Crippen MR) is 91.3 cm³/mol. The molecule has 134 valence electrons. The molecule has 0 aliphatic heterocycles. The molecule has 8 heteroatoms. The molecular weight excluding hydrogens is 357 g/mol. The van der Waals surface area contributed by atoms with E-state index in [4.69, 9.17) is 16.3 Å². The molecule has 2 aromatic rings. The van der Waals surface area contributed by atoms with E-state index in [2.05, 4.69) is 10.6 Å². The molecule has 25 heavy (non-hydrogen) atoms. The molecule has 2 amide bonds. The van der Waals surface area contributed by atoms with Gasteiger partial charge in [-0.25, -0.2) is 4.79 Å². The summed E-state index contributed by atoms with van der Waals surface area (Å²) >= 11 is 5.54. The Balaban J connectivity index is 2.03. The summed E-state index contributed by atoms with van der Waals surface area (Å²) in [7, 11) is 0. The molecule has 2 aromatic carbocycles. The van der Waals surface area contributed by atoms with Crippen molar-refractivity contribution in [3.8, 4) is 5.75 Å². The number of ether oxygens (including phenoxy) is 1. The fourth-order valence-corrected chi connectivity index (χ4v) is 2.23. The summed E-state index contributed by atoms with van der Waals surface area (Å²) in [5.41, 5.74) is -0.560. The molecule has 0 aromatic heterocycles. The van der Waals surface area contributed by atoms with E-state index in [0.29, 0.717) is 11.4 Å². The lowest BCUT2D eigenvalue weighted by Crippen LogP contribution is -2.20. The molecule has 0 fully saturated rings. The van der Waals surface area contributed by atoms with E-state index in [-0.39, 0.29) is 11.8 Å². The van der Waals surface area contributed by atoms with Gasteiger partial charge in [0.15, 0.2) is 0 Å². The molecule has 0 atom stereocenters. The zero-order valence-corrected chi connectivity index (χ0v) is 14.2. The van der Waals surface area contributed by atoms with Crippen molar-refractivity contribution < 1.29 is 22.7 Å². The fraction of sp³-hybridized carbons (Fsp3) is 0.235. The van der Waals surface area contributed by atoms with E-state index in [9.17, 15) is 18.0 Å². The normalized spacial score (nSPS) is 11.3. The van der Waals surface area contributed by atoms with E-state index in [1.165, 1.54) is 6.07 Å². The zero-order valence-electron chi connectivity index (χ0n) is 13.4. The first-order chi connectivity index (χ1) is 11.6. The highest BCUT2D eigenvalue weighted by Gasteiger charge is 2.33. The van der Waals surface area contributed by atoms with Crippen LogP contribution in [-0.2, 0) is 6.18 Å². The van der Waals surface area contributed by atoms with Crippen molar-refractivity contribution >= 4 is 29.0 Å². The molecule has 0 spiro atoms. The molecule has 0 saturated carbocycles. The van der Waals surface area contributed by atoms with E-state index < -0.39 is 22.8 Å². The Morgan fingerprint density at radius 3 is 2.16 bits per heavy atom. The summed E-state index contributed by atoms with van der Waals surface area (Å²) in [5.74, 6) is 0.647. The van der Waals surface area contributed by atoms with Gasteiger partial charge in [-0.2, -0.15) is 13.2 Å². The number of carbonyl (C=O) groups is 1. The first-order valence-electron chi connectivity index (χ1n) is 7.36. The molecule has 0 bridgehead atoms. The topological polar surface area (TPSA) is 50.4 Å². The van der Waals surface area contributed by atoms with Crippen LogP contribution in [0.2, 0.25) is 5.02 Å². The standard InChI is InChI=1S/C17H16ClF3N2O2/c1-10(2)25-13-6-3-11(4-7-13)22-16(24)23-12-5-8-15(18)14(9-12)17(19,20)21/h3-10H,1-2H3,(H2,22,23,24). The Labute approximate surface area is 147 Å². The van der Waals surface area contributed by atoms with Crippen molar-refractivity contribution in [3.05, 3.63) is 53.1 Å². The summed E-state index contributed by atoms with van der Waals surface area (Å²) in [6.45, 7) is 3.78. The van der Waals surface area contributed by atoms with Gasteiger partial charge in [-0.05, 0) is 56.3 Å². The van der Waals surface area contributed by atoms with Gasteiger partial charge in [0.1, 0.15) is 5.75 Å². The van der Waals surface area contributed by atoms with Crippen molar-refractivity contribution in [2.45, 2.75) is 26.1 Å². The first-order valence-corrected chi connectivity index (χ1v) is 7.74. The minimum Gasteiger partial charge on any atom is -0.491 e. The SMILES string of the molecule is CC(C)Oc1ccc(NC(=O)Nc2ccc(Cl)c(C(F)(F)F)c2)cc1. The summed E-state index contributed by atoms with van der Waals surface area (Å²) in [5, 5.41) is 4.43. The number of benzene rings is 2. The van der Waals surface area contributed by atoms with Crippen LogP contribution in [0.3, 0.4) is 0 Å². The molecular formula is C17H16ClF3N2O2. The Morgan fingerprint density at radius 1 is 1.04 bits per heavy atom. The lowest BCUT2D eigenvalue weighted by atomic mass is 10.2. The second-order valence-corrected chi connectivity index (χ2v) is 5.87. The van der Waals surface area contributed by atoms with Gasteiger partial charge in [0, 0.05) is 11.4 Å². The van der Waals surface area contributed by atoms with Gasteiger partial charge in [-0.15, -0.1) is 0 Å². The Bertz CT molecular complexity index is 747. The van der Waals surface area contributed by atoms with Gasteiger partial charge in [0.2, 0.25) is 0 Å². The molecule has 2 N–H and O–H groups in total. The average molecular weight is 373 g/mol. The average Bonchev–Trinajstić information content (AvgIpc) is 2.49. The molecule has 0 aliphatic carbocycles. The maximum atomic E-state index is 12.8. The van der Waals surface area contributed by atoms with Crippen molar-refractivity contribution in [2.24, 2.45) is 0 Å². The number of nitrogens with one attached hydrogen (secondary N) is 2. The minimum atomic E-state index is -4.60. The number of urea groups is 1. The van der Waals surface area contributed by atoms with Crippen LogP contribution < -0.4 is 15.4 Å². The lowest BCUT2D eigenvalue weighted by Gasteiger charge is -2.13. The van der Waals surface area contributed by atoms with Gasteiger partial charge in [0.05, 0.1) is 16.7 Å². The van der Waals surface area contributed by atoms with Crippen LogP contribution in [0, 0.1) is 0 Å². The van der Waals surface area contributed by atoms with Gasteiger partial charge in [-0.1, -0.05) is 11.6 Å². The molecule has 0 radical (unpaired) electrons. The van der Waals surface area contributed by atoms with Crippen molar-refractivity contribution in [2.75, 3.05) is 10.6 Å². The third-order valence-electron chi connectivity index (χ3n) is 3.01. The van der Waals surface area contributed by atoms with Crippen LogP contribution in [-0.4, -0.2) is 12.1 Å². The van der Waals surface area contributed by atoms with Crippen molar-refractivity contribution in [1.29, 1.82) is 0 Å². The predicted octanol–water partition coefficient (Wildman–Crippen LogP) is 5.79. The van der Waals surface area contributed by atoms with Crippen molar-refractivity contribution in [3.63, 3.8) is 0 Å². The number of halogens is 4. The van der Waals surface area contributed by atoms with Gasteiger partial charge >= 0.3 is 12.2 Å². The molecule has 0 saturated heterocycles. The Hall–Kier alpha value is -2.41. The number of rotatable bonds is 4. The van der Waals surface area contributed by atoms with E-state index in [1.54, 1.807) is 24.3 Å². The molecule has 4 nitrogen and oxygen atoms in total. The second kappa shape index (κ2) is 7.65. The zero-order chi connectivity index (χ0) is 18.6. The first kappa shape index (κ1) is 18.9. The highest BCUT2D eigenvalue weighted by Crippen LogP contribution is 2.36. The van der Waals surface area contributed by atoms with Crippen LogP contribution in [0.4, 0.5) is 29.3 Å². The smallest absolute Gasteiger partial charge is 0.417 e. The lowest BCUT2D eigenvalue weighted by molar-refractivity contribution is -0.137.